The Hall–Kier alpha value is -3.87. The lowest BCUT2D eigenvalue weighted by Crippen LogP contribution is -2.16. The van der Waals surface area contributed by atoms with Gasteiger partial charge in [0.2, 0.25) is 0 Å². The molecule has 5 aromatic carbocycles. The molecule has 6 rings (SSSR count). The van der Waals surface area contributed by atoms with Crippen molar-refractivity contribution >= 4 is 67.0 Å². The van der Waals surface area contributed by atoms with Gasteiger partial charge >= 0.3 is 0 Å². The Balaban J connectivity index is 1.37. The molecule has 1 aliphatic heterocycles. The van der Waals surface area contributed by atoms with Crippen molar-refractivity contribution < 1.29 is 0 Å². The molecule has 200 valence electrons. The number of benzene rings is 5. The maximum atomic E-state index is 4.41. The van der Waals surface area contributed by atoms with Crippen molar-refractivity contribution in [1.82, 2.24) is 0 Å². The van der Waals surface area contributed by atoms with E-state index in [1.807, 2.05) is 0 Å². The van der Waals surface area contributed by atoms with E-state index in [9.17, 15) is 0 Å². The zero-order chi connectivity index (χ0) is 28.2. The minimum Gasteiger partial charge on any atom is -0.311 e. The van der Waals surface area contributed by atoms with E-state index in [2.05, 4.69) is 201 Å². The monoisotopic (exact) mass is 706 g/mol. The van der Waals surface area contributed by atoms with Gasteiger partial charge in [-0.15, -0.1) is 0 Å². The summed E-state index contributed by atoms with van der Waals surface area (Å²) < 4.78 is 2.27. The molecule has 41 heavy (non-hydrogen) atoms. The molecule has 1 aliphatic rings. The van der Waals surface area contributed by atoms with E-state index in [-0.39, 0.29) is 0 Å². The van der Waals surface area contributed by atoms with Gasteiger partial charge in [-0.3, -0.25) is 0 Å². The molecule has 0 saturated carbocycles. The third-order valence-corrected chi connectivity index (χ3v) is 8.37. The first-order valence-electron chi connectivity index (χ1n) is 13.5. The molecule has 0 saturated heterocycles. The Morgan fingerprint density at radius 3 is 2.07 bits per heavy atom. The number of anilines is 5. The second kappa shape index (κ2) is 12.3. The molecular weight excluding hydrogens is 679 g/mol. The van der Waals surface area contributed by atoms with Crippen molar-refractivity contribution in [2.24, 2.45) is 0 Å². The fourth-order valence-corrected chi connectivity index (χ4v) is 5.75. The Morgan fingerprint density at radius 1 is 0.683 bits per heavy atom. The second-order valence-electron chi connectivity index (χ2n) is 9.83. The van der Waals surface area contributed by atoms with Crippen molar-refractivity contribution in [3.63, 3.8) is 0 Å². The third kappa shape index (κ3) is 6.09. The van der Waals surface area contributed by atoms with Crippen LogP contribution in [0.4, 0.5) is 28.4 Å². The molecule has 1 heterocycles. The van der Waals surface area contributed by atoms with Crippen LogP contribution in [-0.4, -0.2) is 0 Å². The molecule has 0 N–H and O–H groups in total. The molecule has 0 spiro atoms. The Kier molecular flexibility index (Phi) is 8.21. The van der Waals surface area contributed by atoms with Gasteiger partial charge in [0.15, 0.2) is 0 Å². The SMILES string of the molecule is C=C1/C=C\C=C/Cc2ccccc2N1c1cccc(-c2ccc(N(c3ccc(Br)cc3)c3ccc(I)cc3)cc2)c1. The molecule has 0 bridgehead atoms. The third-order valence-electron chi connectivity index (χ3n) is 7.13. The summed E-state index contributed by atoms with van der Waals surface area (Å²) in [4.78, 5) is 4.54. The molecule has 0 radical (unpaired) electrons. The van der Waals surface area contributed by atoms with Crippen LogP contribution < -0.4 is 9.80 Å². The van der Waals surface area contributed by atoms with Crippen LogP contribution in [0.25, 0.3) is 11.1 Å². The summed E-state index contributed by atoms with van der Waals surface area (Å²) in [7, 11) is 0. The molecule has 0 aromatic heterocycles. The van der Waals surface area contributed by atoms with Crippen LogP contribution in [0, 0.1) is 3.57 Å². The van der Waals surface area contributed by atoms with Crippen molar-refractivity contribution in [3.05, 3.63) is 172 Å². The molecule has 0 aliphatic carbocycles. The smallest absolute Gasteiger partial charge is 0.0496 e. The number of allylic oxidation sites excluding steroid dienone is 4. The molecule has 5 aromatic rings. The second-order valence-corrected chi connectivity index (χ2v) is 12.0. The van der Waals surface area contributed by atoms with Gasteiger partial charge in [0, 0.05) is 42.2 Å². The first-order valence-corrected chi connectivity index (χ1v) is 15.4. The van der Waals surface area contributed by atoms with E-state index in [1.165, 1.54) is 9.13 Å². The number of hydrogen-bond donors (Lipinski definition) is 0. The summed E-state index contributed by atoms with van der Waals surface area (Å²) in [5.74, 6) is 0. The number of nitrogens with zero attached hydrogens (tertiary/aromatic N) is 2. The van der Waals surface area contributed by atoms with E-state index in [1.54, 1.807) is 0 Å². The predicted octanol–water partition coefficient (Wildman–Crippen LogP) is 11.5. The van der Waals surface area contributed by atoms with Gasteiger partial charge in [0.1, 0.15) is 0 Å². The van der Waals surface area contributed by atoms with Gasteiger partial charge in [-0.1, -0.05) is 83.2 Å². The fourth-order valence-electron chi connectivity index (χ4n) is 5.13. The largest absolute Gasteiger partial charge is 0.311 e. The fraction of sp³-hybridized carbons (Fsp3) is 0.0270. The standard InChI is InChI=1S/C37H28BrIN2/c1-27-8-3-2-4-9-29-10-5-6-13-37(29)40(27)36-12-7-11-30(26-36)28-14-20-33(21-15-28)41(34-22-16-31(38)17-23-34)35-24-18-32(39)19-25-35/h2-8,10-26H,1,9H2/b4-2-,8-3-. The van der Waals surface area contributed by atoms with Crippen LogP contribution in [0.15, 0.2) is 162 Å². The highest BCUT2D eigenvalue weighted by Gasteiger charge is 2.17. The van der Waals surface area contributed by atoms with Gasteiger partial charge in [-0.05, 0) is 131 Å². The van der Waals surface area contributed by atoms with Crippen LogP contribution in [0.1, 0.15) is 5.56 Å². The first kappa shape index (κ1) is 27.3. The number of hydrogen-bond acceptors (Lipinski definition) is 2. The Labute approximate surface area is 264 Å². The van der Waals surface area contributed by atoms with E-state index in [0.717, 1.165) is 56.2 Å². The summed E-state index contributed by atoms with van der Waals surface area (Å²) >= 11 is 5.93. The number of rotatable bonds is 5. The lowest BCUT2D eigenvalue weighted by atomic mass is 10.0. The zero-order valence-electron chi connectivity index (χ0n) is 22.4. The molecule has 0 fully saturated rings. The van der Waals surface area contributed by atoms with Gasteiger partial charge in [0.25, 0.3) is 0 Å². The zero-order valence-corrected chi connectivity index (χ0v) is 26.2. The molecule has 4 heteroatoms. The quantitative estimate of drug-likeness (QED) is 0.168. The van der Waals surface area contributed by atoms with Crippen molar-refractivity contribution in [2.75, 3.05) is 9.80 Å². The normalized spacial score (nSPS) is 14.4. The molecule has 0 atom stereocenters. The highest BCUT2D eigenvalue weighted by atomic mass is 127. The topological polar surface area (TPSA) is 6.48 Å². The van der Waals surface area contributed by atoms with Gasteiger partial charge < -0.3 is 9.80 Å². The minimum atomic E-state index is 0.876. The maximum absolute atomic E-state index is 4.41. The molecule has 0 unspecified atom stereocenters. The summed E-state index contributed by atoms with van der Waals surface area (Å²) in [6.45, 7) is 4.41. The van der Waals surface area contributed by atoms with Crippen LogP contribution >= 0.6 is 38.5 Å². The number of halogens is 2. The summed E-state index contributed by atoms with van der Waals surface area (Å²) in [5.41, 5.74) is 10.1. The van der Waals surface area contributed by atoms with Crippen LogP contribution in [0.2, 0.25) is 0 Å². The van der Waals surface area contributed by atoms with Crippen molar-refractivity contribution in [2.45, 2.75) is 6.42 Å². The summed E-state index contributed by atoms with van der Waals surface area (Å²) in [6.07, 6.45) is 9.30. The minimum absolute atomic E-state index is 0.876. The van der Waals surface area contributed by atoms with E-state index in [0.29, 0.717) is 0 Å². The van der Waals surface area contributed by atoms with E-state index in [4.69, 9.17) is 0 Å². The van der Waals surface area contributed by atoms with E-state index >= 15 is 0 Å². The average molecular weight is 707 g/mol. The lowest BCUT2D eigenvalue weighted by Gasteiger charge is -2.28. The van der Waals surface area contributed by atoms with Crippen LogP contribution in [0.5, 0.6) is 0 Å². The van der Waals surface area contributed by atoms with Crippen molar-refractivity contribution in [1.29, 1.82) is 0 Å². The first-order chi connectivity index (χ1) is 20.1. The summed E-state index contributed by atoms with van der Waals surface area (Å²) in [6, 6.07) is 43.2. The van der Waals surface area contributed by atoms with Crippen LogP contribution in [-0.2, 0) is 6.42 Å². The van der Waals surface area contributed by atoms with Gasteiger partial charge in [0.05, 0.1) is 0 Å². The number of fused-ring (bicyclic) bond motifs is 1. The van der Waals surface area contributed by atoms with Crippen LogP contribution in [0.3, 0.4) is 0 Å². The van der Waals surface area contributed by atoms with Crippen molar-refractivity contribution in [3.8, 4) is 11.1 Å². The molecular formula is C37H28BrIN2. The summed E-state index contributed by atoms with van der Waals surface area (Å²) in [5, 5.41) is 0. The maximum Gasteiger partial charge on any atom is 0.0496 e. The average Bonchev–Trinajstić information content (AvgIpc) is 3.08. The Morgan fingerprint density at radius 2 is 1.34 bits per heavy atom. The number of para-hydroxylation sites is 1. The predicted molar refractivity (Wildman–Crippen MR) is 187 cm³/mol. The van der Waals surface area contributed by atoms with Gasteiger partial charge in [-0.25, -0.2) is 0 Å². The lowest BCUT2D eigenvalue weighted by molar-refractivity contribution is 1.17. The Bertz CT molecular complexity index is 1690. The highest BCUT2D eigenvalue weighted by Crippen LogP contribution is 2.38. The highest BCUT2D eigenvalue weighted by molar-refractivity contribution is 14.1. The molecule has 2 nitrogen and oxygen atoms in total. The van der Waals surface area contributed by atoms with E-state index < -0.39 is 0 Å². The molecule has 0 amide bonds. The van der Waals surface area contributed by atoms with Gasteiger partial charge in [-0.2, -0.15) is 0 Å².